The summed E-state index contributed by atoms with van der Waals surface area (Å²) in [5, 5.41) is 4.11. The zero-order chi connectivity index (χ0) is 16.1. The second-order valence-corrected chi connectivity index (χ2v) is 5.33. The van der Waals surface area contributed by atoms with Crippen LogP contribution in [0.1, 0.15) is 27.9 Å². The predicted molar refractivity (Wildman–Crippen MR) is 89.2 cm³/mol. The summed E-state index contributed by atoms with van der Waals surface area (Å²) in [4.78, 5) is 4.20. The van der Waals surface area contributed by atoms with Crippen molar-refractivity contribution in [2.45, 2.75) is 34.6 Å². The van der Waals surface area contributed by atoms with Crippen LogP contribution in [-0.4, -0.2) is 14.8 Å². The minimum Gasteiger partial charge on any atom is -0.320 e. The van der Waals surface area contributed by atoms with E-state index in [0.717, 1.165) is 17.1 Å². The van der Waals surface area contributed by atoms with E-state index in [0.29, 0.717) is 0 Å². The molecular weight excluding hydrogens is 359 g/mol. The van der Waals surface area contributed by atoms with Gasteiger partial charge in [-0.3, -0.25) is 5.10 Å². The van der Waals surface area contributed by atoms with Crippen LogP contribution in [0.4, 0.5) is 0 Å². The number of nitrogens with zero attached hydrogens (tertiary/aromatic N) is 3. The monoisotopic (exact) mass is 380 g/mol. The molecule has 0 saturated heterocycles. The van der Waals surface area contributed by atoms with Crippen molar-refractivity contribution < 1.29 is 32.7 Å². The third kappa shape index (κ3) is 5.08. The van der Waals surface area contributed by atoms with Gasteiger partial charge in [-0.2, -0.15) is 40.5 Å². The summed E-state index contributed by atoms with van der Waals surface area (Å²) in [7, 11) is 0. The van der Waals surface area contributed by atoms with Crippen LogP contribution < -0.4 is 0 Å². The van der Waals surface area contributed by atoms with Crippen molar-refractivity contribution >= 4 is 0 Å². The summed E-state index contributed by atoms with van der Waals surface area (Å²) in [6, 6.07) is 13.0. The Morgan fingerprint density at radius 3 is 2.17 bits per heavy atom. The Labute approximate surface area is 164 Å². The molecule has 0 N–H and O–H groups in total. The van der Waals surface area contributed by atoms with Gasteiger partial charge in [-0.1, -0.05) is 40.7 Å². The van der Waals surface area contributed by atoms with Crippen molar-refractivity contribution in [3.8, 4) is 5.82 Å². The van der Waals surface area contributed by atoms with Gasteiger partial charge in [0.2, 0.25) is 0 Å². The summed E-state index contributed by atoms with van der Waals surface area (Å²) in [5.41, 5.74) is 6.11. The van der Waals surface area contributed by atoms with Crippen molar-refractivity contribution in [3.05, 3.63) is 76.7 Å². The average molecular weight is 380 g/mol. The number of aryl methyl sites for hydroxylation is 3. The Bertz CT molecular complexity index is 728. The van der Waals surface area contributed by atoms with Gasteiger partial charge in [-0.15, -0.1) is 11.9 Å². The molecule has 3 aromatic rings. The van der Waals surface area contributed by atoms with Crippen molar-refractivity contribution in [2.75, 3.05) is 0 Å². The SMILES string of the molecule is Cc1[c-]ccc(C)c1C.Cc1[c-]nn(-c2ccccn2)c1C.[Y]. The summed E-state index contributed by atoms with van der Waals surface area (Å²) in [5.74, 6) is 0.837. The zero-order valence-electron chi connectivity index (χ0n) is 14.4. The van der Waals surface area contributed by atoms with Crippen molar-refractivity contribution in [1.29, 1.82) is 0 Å². The van der Waals surface area contributed by atoms with Gasteiger partial charge in [0, 0.05) is 38.9 Å². The number of pyridine rings is 1. The first-order valence-corrected chi connectivity index (χ1v) is 7.30. The normalized spacial score (nSPS) is 9.61. The minimum absolute atomic E-state index is 0. The molecule has 0 atom stereocenters. The average Bonchev–Trinajstić information content (AvgIpc) is 2.86. The van der Waals surface area contributed by atoms with Crippen LogP contribution in [0.25, 0.3) is 5.82 Å². The molecular formula is C19H21N3Y-2. The topological polar surface area (TPSA) is 30.7 Å². The molecule has 0 saturated carbocycles. The fourth-order valence-corrected chi connectivity index (χ4v) is 1.96. The van der Waals surface area contributed by atoms with Gasteiger partial charge in [0.1, 0.15) is 5.82 Å². The standard InChI is InChI=1S/C10H10N3.C9H11.Y/c1-8-7-12-13(9(8)2)10-5-3-4-6-11-10;1-7-5-4-6-8(2)9(7)3;/h3-6H,1-2H3;4-5H,1-3H3;/q2*-1;. The quantitative estimate of drug-likeness (QED) is 0.596. The molecule has 23 heavy (non-hydrogen) atoms. The van der Waals surface area contributed by atoms with Gasteiger partial charge in [-0.25, -0.2) is 4.98 Å². The van der Waals surface area contributed by atoms with Crippen LogP contribution in [0.3, 0.4) is 0 Å². The van der Waals surface area contributed by atoms with Gasteiger partial charge in [-0.05, 0) is 12.1 Å². The molecule has 2 heterocycles. The first-order chi connectivity index (χ1) is 10.5. The van der Waals surface area contributed by atoms with Crippen molar-refractivity contribution in [3.63, 3.8) is 0 Å². The first kappa shape index (κ1) is 19.7. The van der Waals surface area contributed by atoms with E-state index >= 15 is 0 Å². The fourth-order valence-electron chi connectivity index (χ4n) is 1.96. The first-order valence-electron chi connectivity index (χ1n) is 7.30. The molecule has 1 aromatic carbocycles. The van der Waals surface area contributed by atoms with E-state index in [1.165, 1.54) is 16.7 Å². The molecule has 0 amide bonds. The molecule has 0 aliphatic carbocycles. The summed E-state index contributed by atoms with van der Waals surface area (Å²) in [6.07, 6.45) is 4.66. The smallest absolute Gasteiger partial charge is 0.135 e. The van der Waals surface area contributed by atoms with Gasteiger partial charge in [0.25, 0.3) is 0 Å². The van der Waals surface area contributed by atoms with Crippen molar-refractivity contribution in [2.24, 2.45) is 0 Å². The van der Waals surface area contributed by atoms with Gasteiger partial charge >= 0.3 is 0 Å². The largest absolute Gasteiger partial charge is 0.320 e. The van der Waals surface area contributed by atoms with Crippen LogP contribution >= 0.6 is 0 Å². The molecule has 3 rings (SSSR count). The Hall–Kier alpha value is -1.32. The summed E-state index contributed by atoms with van der Waals surface area (Å²) < 4.78 is 1.79. The molecule has 0 unspecified atom stereocenters. The van der Waals surface area contributed by atoms with Crippen LogP contribution in [0.5, 0.6) is 0 Å². The number of hydrogen-bond acceptors (Lipinski definition) is 2. The van der Waals surface area contributed by atoms with Gasteiger partial charge in [0.05, 0.1) is 0 Å². The predicted octanol–water partition coefficient (Wildman–Crippen LogP) is 4.09. The fraction of sp³-hybridized carbons (Fsp3) is 0.263. The van der Waals surface area contributed by atoms with Crippen LogP contribution in [0.15, 0.2) is 36.5 Å². The second kappa shape index (κ2) is 9.10. The molecule has 0 aliphatic rings. The maximum Gasteiger partial charge on any atom is 0.135 e. The van der Waals surface area contributed by atoms with E-state index in [4.69, 9.17) is 0 Å². The molecule has 0 fully saturated rings. The van der Waals surface area contributed by atoms with Crippen LogP contribution in [-0.2, 0) is 32.7 Å². The van der Waals surface area contributed by atoms with Crippen molar-refractivity contribution in [1.82, 2.24) is 14.8 Å². The molecule has 1 radical (unpaired) electrons. The maximum atomic E-state index is 4.20. The number of rotatable bonds is 1. The van der Waals surface area contributed by atoms with Gasteiger partial charge < -0.3 is 4.68 Å². The van der Waals surface area contributed by atoms with E-state index in [-0.39, 0.29) is 32.7 Å². The zero-order valence-corrected chi connectivity index (χ0v) is 17.2. The molecule has 3 nitrogen and oxygen atoms in total. The molecule has 2 aromatic heterocycles. The number of hydrogen-bond donors (Lipinski definition) is 0. The molecule has 0 aliphatic heterocycles. The Balaban J connectivity index is 0.000000235. The summed E-state index contributed by atoms with van der Waals surface area (Å²) in [6.45, 7) is 10.3. The van der Waals surface area contributed by atoms with E-state index in [1.807, 2.05) is 38.1 Å². The van der Waals surface area contributed by atoms with Crippen LogP contribution in [0.2, 0.25) is 0 Å². The van der Waals surface area contributed by atoms with E-state index in [2.05, 4.69) is 49.2 Å². The minimum atomic E-state index is 0. The molecule has 4 heteroatoms. The van der Waals surface area contributed by atoms with E-state index < -0.39 is 0 Å². The van der Waals surface area contributed by atoms with E-state index in [9.17, 15) is 0 Å². The molecule has 0 spiro atoms. The van der Waals surface area contributed by atoms with Crippen LogP contribution in [0, 0.1) is 46.9 Å². The third-order valence-corrected chi connectivity index (χ3v) is 3.83. The number of benzene rings is 1. The maximum absolute atomic E-state index is 4.20. The molecule has 117 valence electrons. The summed E-state index contributed by atoms with van der Waals surface area (Å²) >= 11 is 0. The Morgan fingerprint density at radius 2 is 1.70 bits per heavy atom. The number of aromatic nitrogens is 3. The van der Waals surface area contributed by atoms with Gasteiger partial charge in [0.15, 0.2) is 0 Å². The molecule has 0 bridgehead atoms. The second-order valence-electron chi connectivity index (χ2n) is 5.33. The van der Waals surface area contributed by atoms with E-state index in [1.54, 1.807) is 10.9 Å². The third-order valence-electron chi connectivity index (χ3n) is 3.83. The Morgan fingerprint density at radius 1 is 0.957 bits per heavy atom. The Kier molecular flexibility index (Phi) is 7.80.